The highest BCUT2D eigenvalue weighted by Gasteiger charge is 2.32. The zero-order valence-corrected chi connectivity index (χ0v) is 16.3. The van der Waals surface area contributed by atoms with Crippen LogP contribution in [0, 0.1) is 0 Å². The van der Waals surface area contributed by atoms with Gasteiger partial charge in [-0.1, -0.05) is 30.7 Å². The van der Waals surface area contributed by atoms with Gasteiger partial charge in [0, 0.05) is 30.4 Å². The fourth-order valence-corrected chi connectivity index (χ4v) is 5.62. The number of amides is 1. The zero-order chi connectivity index (χ0) is 19.0. The van der Waals surface area contributed by atoms with Gasteiger partial charge in [0.05, 0.1) is 4.90 Å². The number of hydrogen-bond donors (Lipinski definition) is 0. The van der Waals surface area contributed by atoms with Gasteiger partial charge >= 0.3 is 0 Å². The first-order valence-electron chi connectivity index (χ1n) is 9.50. The molecule has 0 bridgehead atoms. The standard InChI is InChI=1S/C21H24N2O3S/c1-16-14-17-8-3-4-11-20(17)23(16)21(24)18-9-7-10-19(15-18)27(25,26)22-12-5-2-6-13-22/h3-4,7-11,15-16H,2,5-6,12-14H2,1H3. The molecule has 0 aliphatic carbocycles. The third-order valence-electron chi connectivity index (χ3n) is 5.46. The lowest BCUT2D eigenvalue weighted by atomic mass is 10.1. The second-order valence-corrected chi connectivity index (χ2v) is 9.29. The summed E-state index contributed by atoms with van der Waals surface area (Å²) in [5.41, 5.74) is 2.48. The van der Waals surface area contributed by atoms with Crippen molar-refractivity contribution in [1.29, 1.82) is 0 Å². The van der Waals surface area contributed by atoms with Gasteiger partial charge in [0.15, 0.2) is 0 Å². The second kappa shape index (κ2) is 7.09. The van der Waals surface area contributed by atoms with Gasteiger partial charge in [-0.2, -0.15) is 4.31 Å². The van der Waals surface area contributed by atoms with Gasteiger partial charge in [-0.3, -0.25) is 4.79 Å². The van der Waals surface area contributed by atoms with Gasteiger partial charge in [0.25, 0.3) is 5.91 Å². The normalized spacial score (nSPS) is 20.5. The van der Waals surface area contributed by atoms with Crippen molar-refractivity contribution in [3.63, 3.8) is 0 Å². The van der Waals surface area contributed by atoms with Crippen LogP contribution in [-0.4, -0.2) is 37.8 Å². The van der Waals surface area contributed by atoms with Crippen molar-refractivity contribution < 1.29 is 13.2 Å². The molecule has 0 N–H and O–H groups in total. The second-order valence-electron chi connectivity index (χ2n) is 7.35. The molecule has 2 heterocycles. The minimum Gasteiger partial charge on any atom is -0.305 e. The number of anilines is 1. The molecule has 6 heteroatoms. The summed E-state index contributed by atoms with van der Waals surface area (Å²) < 4.78 is 27.4. The van der Waals surface area contributed by atoms with Crippen LogP contribution in [0.25, 0.3) is 0 Å². The lowest BCUT2D eigenvalue weighted by Gasteiger charge is -2.26. The van der Waals surface area contributed by atoms with Crippen LogP contribution in [-0.2, 0) is 16.4 Å². The first-order chi connectivity index (χ1) is 13.0. The van der Waals surface area contributed by atoms with Crippen molar-refractivity contribution in [2.45, 2.75) is 43.5 Å². The van der Waals surface area contributed by atoms with Crippen LogP contribution in [0.3, 0.4) is 0 Å². The predicted octanol–water partition coefficient (Wildman–Crippen LogP) is 3.45. The number of carbonyl (C=O) groups is 1. The van der Waals surface area contributed by atoms with E-state index in [9.17, 15) is 13.2 Å². The van der Waals surface area contributed by atoms with Gasteiger partial charge < -0.3 is 4.90 Å². The van der Waals surface area contributed by atoms with Crippen molar-refractivity contribution >= 4 is 21.6 Å². The van der Waals surface area contributed by atoms with Crippen molar-refractivity contribution in [2.24, 2.45) is 0 Å². The molecule has 1 amide bonds. The van der Waals surface area contributed by atoms with Crippen LogP contribution in [0.15, 0.2) is 53.4 Å². The number of nitrogens with zero attached hydrogens (tertiary/aromatic N) is 2. The molecule has 2 aromatic carbocycles. The van der Waals surface area contributed by atoms with E-state index in [0.29, 0.717) is 18.7 Å². The van der Waals surface area contributed by atoms with Crippen molar-refractivity contribution in [3.05, 3.63) is 59.7 Å². The topological polar surface area (TPSA) is 57.7 Å². The number of fused-ring (bicyclic) bond motifs is 1. The van der Waals surface area contributed by atoms with E-state index in [2.05, 4.69) is 0 Å². The van der Waals surface area contributed by atoms with Crippen molar-refractivity contribution in [3.8, 4) is 0 Å². The summed E-state index contributed by atoms with van der Waals surface area (Å²) in [5, 5.41) is 0. The third kappa shape index (κ3) is 3.28. The van der Waals surface area contributed by atoms with Crippen LogP contribution in [0.2, 0.25) is 0 Å². The molecule has 2 aliphatic heterocycles. The number of hydrogen-bond acceptors (Lipinski definition) is 3. The summed E-state index contributed by atoms with van der Waals surface area (Å²) in [6.45, 7) is 3.13. The fraction of sp³-hybridized carbons (Fsp3) is 0.381. The molecule has 0 aromatic heterocycles. The van der Waals surface area contributed by atoms with E-state index in [1.54, 1.807) is 23.1 Å². The number of carbonyl (C=O) groups excluding carboxylic acids is 1. The lowest BCUT2D eigenvalue weighted by Crippen LogP contribution is -2.37. The maximum atomic E-state index is 13.2. The summed E-state index contributed by atoms with van der Waals surface area (Å²) in [4.78, 5) is 15.2. The highest BCUT2D eigenvalue weighted by atomic mass is 32.2. The molecule has 142 valence electrons. The average Bonchev–Trinajstić information content (AvgIpc) is 3.04. The Balaban J connectivity index is 1.66. The number of piperidine rings is 1. The van der Waals surface area contributed by atoms with Gasteiger partial charge in [0.2, 0.25) is 10.0 Å². The first-order valence-corrected chi connectivity index (χ1v) is 10.9. The molecule has 2 aromatic rings. The van der Waals surface area contributed by atoms with Gasteiger partial charge in [-0.25, -0.2) is 8.42 Å². The van der Waals surface area contributed by atoms with Crippen LogP contribution in [0.4, 0.5) is 5.69 Å². The Kier molecular flexibility index (Phi) is 4.78. The summed E-state index contributed by atoms with van der Waals surface area (Å²) in [6.07, 6.45) is 3.66. The van der Waals surface area contributed by atoms with E-state index in [1.165, 1.54) is 10.4 Å². The molecule has 2 aliphatic rings. The number of rotatable bonds is 3. The maximum Gasteiger partial charge on any atom is 0.258 e. The largest absolute Gasteiger partial charge is 0.305 e. The van der Waals surface area contributed by atoms with Gasteiger partial charge in [0.1, 0.15) is 0 Å². The monoisotopic (exact) mass is 384 g/mol. The van der Waals surface area contributed by atoms with Crippen molar-refractivity contribution in [2.75, 3.05) is 18.0 Å². The number of sulfonamides is 1. The Bertz CT molecular complexity index is 965. The summed E-state index contributed by atoms with van der Waals surface area (Å²) in [6, 6.07) is 14.4. The SMILES string of the molecule is CC1Cc2ccccc2N1C(=O)c1cccc(S(=O)(=O)N2CCCCC2)c1. The molecule has 27 heavy (non-hydrogen) atoms. The maximum absolute atomic E-state index is 13.2. The molecular formula is C21H24N2O3S. The molecule has 1 unspecified atom stereocenters. The van der Waals surface area contributed by atoms with Gasteiger partial charge in [-0.15, -0.1) is 0 Å². The summed E-state index contributed by atoms with van der Waals surface area (Å²) in [5.74, 6) is -0.150. The average molecular weight is 385 g/mol. The molecule has 5 nitrogen and oxygen atoms in total. The Morgan fingerprint density at radius 1 is 1.00 bits per heavy atom. The van der Waals surface area contributed by atoms with Crippen LogP contribution < -0.4 is 4.90 Å². The predicted molar refractivity (Wildman–Crippen MR) is 105 cm³/mol. The molecule has 0 radical (unpaired) electrons. The minimum absolute atomic E-state index is 0.0530. The van der Waals surface area contributed by atoms with E-state index < -0.39 is 10.0 Å². The Hall–Kier alpha value is -2.18. The van der Waals surface area contributed by atoms with Crippen LogP contribution in [0.1, 0.15) is 42.1 Å². The van der Waals surface area contributed by atoms with Crippen molar-refractivity contribution in [1.82, 2.24) is 4.31 Å². The van der Waals surface area contributed by atoms with E-state index in [0.717, 1.165) is 36.9 Å². The highest BCUT2D eigenvalue weighted by molar-refractivity contribution is 7.89. The summed E-state index contributed by atoms with van der Waals surface area (Å²) >= 11 is 0. The summed E-state index contributed by atoms with van der Waals surface area (Å²) in [7, 11) is -3.55. The van der Waals surface area contributed by atoms with E-state index >= 15 is 0 Å². The number of benzene rings is 2. The van der Waals surface area contributed by atoms with Crippen LogP contribution in [0.5, 0.6) is 0 Å². The van der Waals surface area contributed by atoms with Crippen LogP contribution >= 0.6 is 0 Å². The Morgan fingerprint density at radius 3 is 2.52 bits per heavy atom. The molecule has 4 rings (SSSR count). The van der Waals surface area contributed by atoms with E-state index in [-0.39, 0.29) is 16.8 Å². The van der Waals surface area contributed by atoms with E-state index in [1.807, 2.05) is 31.2 Å². The third-order valence-corrected chi connectivity index (χ3v) is 7.35. The fourth-order valence-electron chi connectivity index (χ4n) is 4.06. The molecular weight excluding hydrogens is 360 g/mol. The molecule has 1 fully saturated rings. The number of para-hydroxylation sites is 1. The quantitative estimate of drug-likeness (QED) is 0.814. The zero-order valence-electron chi connectivity index (χ0n) is 15.5. The van der Waals surface area contributed by atoms with E-state index in [4.69, 9.17) is 0 Å². The first kappa shape index (κ1) is 18.2. The van der Waals surface area contributed by atoms with Gasteiger partial charge in [-0.05, 0) is 56.0 Å². The minimum atomic E-state index is -3.55. The molecule has 1 atom stereocenters. The highest BCUT2D eigenvalue weighted by Crippen LogP contribution is 2.33. The molecule has 1 saturated heterocycles. The smallest absolute Gasteiger partial charge is 0.258 e. The Morgan fingerprint density at radius 2 is 1.74 bits per heavy atom. The molecule has 0 spiro atoms. The Labute approximate surface area is 160 Å². The molecule has 0 saturated carbocycles. The lowest BCUT2D eigenvalue weighted by molar-refractivity contribution is 0.0981.